The van der Waals surface area contributed by atoms with Crippen molar-refractivity contribution in [1.29, 1.82) is 0 Å². The Bertz CT molecular complexity index is 1070. The molecule has 0 spiro atoms. The summed E-state index contributed by atoms with van der Waals surface area (Å²) in [5.41, 5.74) is 2.09. The number of aliphatic hydroxyl groups excluding tert-OH is 1. The minimum atomic E-state index is -1.60. The Kier molecular flexibility index (Phi) is 9.61. The van der Waals surface area contributed by atoms with Gasteiger partial charge in [0, 0.05) is 11.8 Å². The van der Waals surface area contributed by atoms with E-state index in [1.54, 1.807) is 60.7 Å². The SMILES string of the molecule is O=C(Cc1ccccc1)NC(C(=O)[O-])C(O)c1ccc(N=Cc2ccccc2O)cc1.[Na+]. The Morgan fingerprint density at radius 2 is 1.59 bits per heavy atom. The van der Waals surface area contributed by atoms with Crippen molar-refractivity contribution < 1.29 is 54.5 Å². The Morgan fingerprint density at radius 3 is 2.22 bits per heavy atom. The summed E-state index contributed by atoms with van der Waals surface area (Å²) in [7, 11) is 0. The minimum absolute atomic E-state index is 0. The van der Waals surface area contributed by atoms with Gasteiger partial charge < -0.3 is 25.4 Å². The van der Waals surface area contributed by atoms with E-state index in [1.165, 1.54) is 18.3 Å². The summed E-state index contributed by atoms with van der Waals surface area (Å²) in [6.07, 6.45) is -0.0211. The van der Waals surface area contributed by atoms with E-state index >= 15 is 0 Å². The van der Waals surface area contributed by atoms with Crippen LogP contribution in [0.4, 0.5) is 5.69 Å². The first-order chi connectivity index (χ1) is 14.9. The molecule has 0 aliphatic carbocycles. The summed E-state index contributed by atoms with van der Waals surface area (Å²) in [5.74, 6) is -2.03. The van der Waals surface area contributed by atoms with Crippen molar-refractivity contribution in [2.45, 2.75) is 18.6 Å². The number of amides is 1. The van der Waals surface area contributed by atoms with Crippen LogP contribution in [-0.4, -0.2) is 34.3 Å². The van der Waals surface area contributed by atoms with E-state index in [4.69, 9.17) is 0 Å². The van der Waals surface area contributed by atoms with E-state index in [0.717, 1.165) is 5.56 Å². The number of hydrogen-bond acceptors (Lipinski definition) is 6. The first-order valence-electron chi connectivity index (χ1n) is 9.58. The van der Waals surface area contributed by atoms with Crippen LogP contribution in [0.2, 0.25) is 0 Å². The van der Waals surface area contributed by atoms with Crippen LogP contribution >= 0.6 is 0 Å². The van der Waals surface area contributed by atoms with Crippen molar-refractivity contribution in [1.82, 2.24) is 5.32 Å². The third-order valence-electron chi connectivity index (χ3n) is 4.62. The van der Waals surface area contributed by atoms with Crippen molar-refractivity contribution in [2.24, 2.45) is 4.99 Å². The summed E-state index contributed by atoms with van der Waals surface area (Å²) >= 11 is 0. The first kappa shape index (κ1) is 25.3. The summed E-state index contributed by atoms with van der Waals surface area (Å²) in [4.78, 5) is 28.0. The number of para-hydroxylation sites is 1. The molecule has 3 aromatic rings. The zero-order valence-electron chi connectivity index (χ0n) is 17.5. The summed E-state index contributed by atoms with van der Waals surface area (Å²) in [6, 6.07) is 20.2. The molecule has 0 bridgehead atoms. The van der Waals surface area contributed by atoms with Crippen molar-refractivity contribution in [3.05, 3.63) is 95.6 Å². The fraction of sp³-hybridized carbons (Fsp3) is 0.125. The second kappa shape index (κ2) is 12.2. The quantitative estimate of drug-likeness (QED) is 0.296. The third kappa shape index (κ3) is 7.03. The number of phenols is 1. The number of hydrogen-bond donors (Lipinski definition) is 3. The average molecular weight is 440 g/mol. The zero-order valence-corrected chi connectivity index (χ0v) is 19.5. The van der Waals surface area contributed by atoms with Gasteiger partial charge in [0.05, 0.1) is 24.1 Å². The number of carboxylic acid groups (broad SMARTS) is 1. The smallest absolute Gasteiger partial charge is 0.548 e. The predicted molar refractivity (Wildman–Crippen MR) is 114 cm³/mol. The maximum absolute atomic E-state index is 12.2. The molecule has 0 aromatic heterocycles. The first-order valence-corrected chi connectivity index (χ1v) is 9.58. The van der Waals surface area contributed by atoms with Gasteiger partial charge in [-0.3, -0.25) is 9.79 Å². The topological polar surface area (TPSA) is 122 Å². The van der Waals surface area contributed by atoms with Crippen LogP contribution in [0, 0.1) is 0 Å². The zero-order chi connectivity index (χ0) is 22.2. The van der Waals surface area contributed by atoms with E-state index in [-0.39, 0.29) is 47.3 Å². The molecule has 0 fully saturated rings. The maximum Gasteiger partial charge on any atom is 1.00 e. The molecule has 8 heteroatoms. The molecule has 32 heavy (non-hydrogen) atoms. The van der Waals surface area contributed by atoms with Gasteiger partial charge in [0.2, 0.25) is 5.91 Å². The largest absolute Gasteiger partial charge is 1.00 e. The van der Waals surface area contributed by atoms with Gasteiger partial charge in [-0.05, 0) is 35.4 Å². The molecule has 0 radical (unpaired) electrons. The van der Waals surface area contributed by atoms with Gasteiger partial charge in [-0.1, -0.05) is 54.6 Å². The number of carbonyl (C=O) groups excluding carboxylic acids is 2. The van der Waals surface area contributed by atoms with Crippen molar-refractivity contribution in [2.75, 3.05) is 0 Å². The van der Waals surface area contributed by atoms with Gasteiger partial charge in [0.15, 0.2) is 0 Å². The van der Waals surface area contributed by atoms with Crippen molar-refractivity contribution in [3.8, 4) is 5.75 Å². The van der Waals surface area contributed by atoms with Gasteiger partial charge >= 0.3 is 29.6 Å². The number of rotatable bonds is 8. The average Bonchev–Trinajstić information content (AvgIpc) is 2.77. The molecule has 3 aromatic carbocycles. The standard InChI is InChI=1S/C24H22N2O5.Na/c27-20-9-5-4-8-18(20)15-25-19-12-10-17(11-13-19)23(29)22(24(30)31)26-21(28)14-16-6-2-1-3-7-16;/h1-13,15,22-23,27,29H,14H2,(H,26,28)(H,30,31);/q;+1/p-1. The van der Waals surface area contributed by atoms with Gasteiger partial charge in [-0.15, -0.1) is 0 Å². The van der Waals surface area contributed by atoms with E-state index in [9.17, 15) is 24.9 Å². The Balaban J connectivity index is 0.00000363. The minimum Gasteiger partial charge on any atom is -0.548 e. The van der Waals surface area contributed by atoms with Crippen LogP contribution in [-0.2, 0) is 16.0 Å². The molecule has 0 saturated carbocycles. The molecule has 158 valence electrons. The van der Waals surface area contributed by atoms with E-state index in [1.807, 2.05) is 6.07 Å². The van der Waals surface area contributed by atoms with E-state index in [0.29, 0.717) is 11.3 Å². The summed E-state index contributed by atoms with van der Waals surface area (Å²) < 4.78 is 0. The molecule has 0 aliphatic rings. The third-order valence-corrected chi connectivity index (χ3v) is 4.62. The molecule has 2 unspecified atom stereocenters. The van der Waals surface area contributed by atoms with Gasteiger partial charge in [-0.2, -0.15) is 0 Å². The van der Waals surface area contributed by atoms with Gasteiger partial charge in [-0.25, -0.2) is 0 Å². The van der Waals surface area contributed by atoms with Crippen LogP contribution in [0.25, 0.3) is 0 Å². The van der Waals surface area contributed by atoms with Crippen LogP contribution in [0.3, 0.4) is 0 Å². The number of carboxylic acids is 1. The molecule has 0 saturated heterocycles. The molecule has 1 amide bonds. The molecule has 7 nitrogen and oxygen atoms in total. The van der Waals surface area contributed by atoms with E-state index in [2.05, 4.69) is 10.3 Å². The summed E-state index contributed by atoms with van der Waals surface area (Å²) in [5, 5.41) is 34.1. The molecule has 0 heterocycles. The number of phenolic OH excluding ortho intramolecular Hbond substituents is 1. The fourth-order valence-corrected chi connectivity index (χ4v) is 2.96. The predicted octanol–water partition coefficient (Wildman–Crippen LogP) is -1.34. The van der Waals surface area contributed by atoms with Crippen LogP contribution < -0.4 is 40.0 Å². The number of aromatic hydroxyl groups is 1. The number of nitrogens with one attached hydrogen (secondary N) is 1. The molecule has 2 atom stereocenters. The van der Waals surface area contributed by atoms with Crippen LogP contribution in [0.1, 0.15) is 22.8 Å². The Morgan fingerprint density at radius 1 is 0.969 bits per heavy atom. The van der Waals surface area contributed by atoms with Gasteiger partial charge in [0.1, 0.15) is 11.9 Å². The molecular weight excluding hydrogens is 419 g/mol. The number of benzene rings is 3. The Hall–Kier alpha value is -2.97. The van der Waals surface area contributed by atoms with Crippen LogP contribution in [0.5, 0.6) is 5.75 Å². The summed E-state index contributed by atoms with van der Waals surface area (Å²) in [6.45, 7) is 0. The number of carbonyl (C=O) groups is 2. The van der Waals surface area contributed by atoms with Crippen molar-refractivity contribution in [3.63, 3.8) is 0 Å². The molecule has 3 N–H and O–H groups in total. The Labute approximate surface area is 207 Å². The maximum atomic E-state index is 12.2. The number of nitrogens with zero attached hydrogens (tertiary/aromatic N) is 1. The number of aliphatic hydroxyl groups is 1. The number of aliphatic carboxylic acids is 1. The molecule has 3 rings (SSSR count). The molecule has 0 aliphatic heterocycles. The van der Waals surface area contributed by atoms with Crippen molar-refractivity contribution >= 4 is 23.8 Å². The monoisotopic (exact) mass is 440 g/mol. The fourth-order valence-electron chi connectivity index (χ4n) is 2.96. The molecular formula is C24H21N2NaO5. The number of aliphatic imine (C=N–C) groups is 1. The second-order valence-corrected chi connectivity index (χ2v) is 6.88. The normalized spacial score (nSPS) is 12.5. The second-order valence-electron chi connectivity index (χ2n) is 6.88. The van der Waals surface area contributed by atoms with Crippen LogP contribution in [0.15, 0.2) is 83.9 Å². The van der Waals surface area contributed by atoms with E-state index < -0.39 is 24.0 Å². The van der Waals surface area contributed by atoms with Gasteiger partial charge in [0.25, 0.3) is 0 Å².